The molecule has 5 heteroatoms. The second-order valence-electron chi connectivity index (χ2n) is 5.07. The Morgan fingerprint density at radius 2 is 2.17 bits per heavy atom. The predicted molar refractivity (Wildman–Crippen MR) is 71.5 cm³/mol. The smallest absolute Gasteiger partial charge is 0.254 e. The molecule has 18 heavy (non-hydrogen) atoms. The molecule has 1 rings (SSSR count). The van der Waals surface area contributed by atoms with Crippen LogP contribution >= 0.6 is 11.6 Å². The van der Waals surface area contributed by atoms with Crippen molar-refractivity contribution >= 4 is 11.6 Å². The summed E-state index contributed by atoms with van der Waals surface area (Å²) in [6, 6.07) is 3.60. The lowest BCUT2D eigenvalue weighted by atomic mass is 9.89. The normalized spacial score (nSPS) is 11.3. The predicted octanol–water partition coefficient (Wildman–Crippen LogP) is 2.93. The number of rotatable bonds is 5. The number of nitriles is 1. The van der Waals surface area contributed by atoms with Gasteiger partial charge in [0.05, 0.1) is 11.5 Å². The number of hydrogen-bond acceptors (Lipinski definition) is 3. The van der Waals surface area contributed by atoms with E-state index in [1.54, 1.807) is 11.5 Å². The van der Waals surface area contributed by atoms with E-state index in [0.29, 0.717) is 12.4 Å². The lowest BCUT2D eigenvalue weighted by Gasteiger charge is -2.15. The number of nitrogens with zero attached hydrogens (tertiary/aromatic N) is 3. The van der Waals surface area contributed by atoms with Gasteiger partial charge in [-0.25, -0.2) is 4.98 Å². The summed E-state index contributed by atoms with van der Waals surface area (Å²) in [5.74, 6) is 0.632. The van der Waals surface area contributed by atoms with Gasteiger partial charge in [-0.3, -0.25) is 9.36 Å². The maximum atomic E-state index is 11.7. The molecule has 0 aliphatic rings. The van der Waals surface area contributed by atoms with Crippen molar-refractivity contribution in [3.05, 3.63) is 27.4 Å². The maximum absolute atomic E-state index is 11.7. The van der Waals surface area contributed by atoms with E-state index in [1.807, 2.05) is 13.8 Å². The van der Waals surface area contributed by atoms with Crippen molar-refractivity contribution in [3.8, 4) is 6.07 Å². The summed E-state index contributed by atoms with van der Waals surface area (Å²) in [5, 5.41) is 9.13. The van der Waals surface area contributed by atoms with Gasteiger partial charge < -0.3 is 0 Å². The van der Waals surface area contributed by atoms with Gasteiger partial charge in [-0.15, -0.1) is 0 Å². The van der Waals surface area contributed by atoms with Crippen LogP contribution < -0.4 is 5.56 Å². The molecule has 0 saturated heterocycles. The zero-order chi connectivity index (χ0) is 13.8. The van der Waals surface area contributed by atoms with Crippen LogP contribution in [0.2, 0.25) is 5.15 Å². The van der Waals surface area contributed by atoms with Crippen molar-refractivity contribution in [2.45, 2.75) is 46.6 Å². The average Bonchev–Trinajstić information content (AvgIpc) is 2.26. The van der Waals surface area contributed by atoms with Gasteiger partial charge in [-0.1, -0.05) is 18.0 Å². The number of hydrogen-bond donors (Lipinski definition) is 0. The van der Waals surface area contributed by atoms with Crippen LogP contribution in [0.5, 0.6) is 0 Å². The lowest BCUT2D eigenvalue weighted by molar-refractivity contribution is 0.413. The Kier molecular flexibility index (Phi) is 4.92. The third kappa shape index (κ3) is 4.15. The third-order valence-corrected chi connectivity index (χ3v) is 3.10. The molecule has 98 valence electrons. The summed E-state index contributed by atoms with van der Waals surface area (Å²) < 4.78 is 1.62. The molecule has 0 saturated carbocycles. The van der Waals surface area contributed by atoms with Crippen LogP contribution in [0, 0.1) is 23.7 Å². The molecule has 0 bridgehead atoms. The van der Waals surface area contributed by atoms with Crippen LogP contribution in [0.25, 0.3) is 0 Å². The van der Waals surface area contributed by atoms with Gasteiger partial charge in [0, 0.05) is 12.6 Å². The molecule has 0 unspecified atom stereocenters. The highest BCUT2D eigenvalue weighted by Gasteiger charge is 2.15. The fourth-order valence-electron chi connectivity index (χ4n) is 1.75. The molecule has 0 radical (unpaired) electrons. The SMILES string of the molecule is Cc1nc(Cl)cc(=O)n1CCCCC(C)(C)C#N. The van der Waals surface area contributed by atoms with Gasteiger partial charge >= 0.3 is 0 Å². The Balaban J connectivity index is 2.56. The molecule has 1 heterocycles. The van der Waals surface area contributed by atoms with E-state index in [9.17, 15) is 4.79 Å². The highest BCUT2D eigenvalue weighted by atomic mass is 35.5. The van der Waals surface area contributed by atoms with E-state index in [2.05, 4.69) is 11.1 Å². The minimum absolute atomic E-state index is 0.118. The second-order valence-corrected chi connectivity index (χ2v) is 5.46. The molecule has 0 spiro atoms. The first-order chi connectivity index (χ1) is 8.35. The van der Waals surface area contributed by atoms with Crippen LogP contribution in [0.4, 0.5) is 0 Å². The molecule has 0 amide bonds. The van der Waals surface area contributed by atoms with Crippen LogP contribution in [-0.4, -0.2) is 9.55 Å². The minimum Gasteiger partial charge on any atom is -0.297 e. The topological polar surface area (TPSA) is 58.7 Å². The van der Waals surface area contributed by atoms with Crippen molar-refractivity contribution in [1.29, 1.82) is 5.26 Å². The second kappa shape index (κ2) is 6.01. The monoisotopic (exact) mass is 267 g/mol. The molecular weight excluding hydrogens is 250 g/mol. The van der Waals surface area contributed by atoms with Crippen molar-refractivity contribution in [2.24, 2.45) is 5.41 Å². The van der Waals surface area contributed by atoms with Crippen LogP contribution in [0.3, 0.4) is 0 Å². The fourth-order valence-corrected chi connectivity index (χ4v) is 1.97. The summed E-state index contributed by atoms with van der Waals surface area (Å²) in [6.07, 6.45) is 2.60. The molecule has 0 aliphatic carbocycles. The van der Waals surface area contributed by atoms with Crippen LogP contribution in [0.15, 0.2) is 10.9 Å². The van der Waals surface area contributed by atoms with E-state index in [-0.39, 0.29) is 16.1 Å². The Labute approximate surface area is 112 Å². The Hall–Kier alpha value is -1.34. The maximum Gasteiger partial charge on any atom is 0.254 e. The molecule has 1 aromatic heterocycles. The van der Waals surface area contributed by atoms with Gasteiger partial charge in [0.15, 0.2) is 0 Å². The molecule has 0 N–H and O–H groups in total. The van der Waals surface area contributed by atoms with E-state index in [4.69, 9.17) is 16.9 Å². The van der Waals surface area contributed by atoms with Crippen LogP contribution in [-0.2, 0) is 6.54 Å². The summed E-state index contributed by atoms with van der Waals surface area (Å²) in [4.78, 5) is 15.7. The zero-order valence-electron chi connectivity index (χ0n) is 11.0. The molecule has 0 fully saturated rings. The number of unbranched alkanes of at least 4 members (excludes halogenated alkanes) is 1. The van der Waals surface area contributed by atoms with Gasteiger partial charge in [0.1, 0.15) is 11.0 Å². The Morgan fingerprint density at radius 3 is 2.72 bits per heavy atom. The summed E-state index contributed by atoms with van der Waals surface area (Å²) in [6.45, 7) is 6.24. The number of aromatic nitrogens is 2. The molecule has 1 aromatic rings. The summed E-state index contributed by atoms with van der Waals surface area (Å²) in [5.41, 5.74) is -0.412. The van der Waals surface area contributed by atoms with Gasteiger partial charge in [0.2, 0.25) is 0 Å². The first-order valence-electron chi connectivity index (χ1n) is 6.01. The van der Waals surface area contributed by atoms with Gasteiger partial charge in [-0.2, -0.15) is 5.26 Å². The van der Waals surface area contributed by atoms with Crippen molar-refractivity contribution in [3.63, 3.8) is 0 Å². The van der Waals surface area contributed by atoms with Crippen molar-refractivity contribution in [1.82, 2.24) is 9.55 Å². The van der Waals surface area contributed by atoms with Gasteiger partial charge in [0.25, 0.3) is 5.56 Å². The number of halogens is 1. The zero-order valence-corrected chi connectivity index (χ0v) is 11.8. The van der Waals surface area contributed by atoms with Crippen LogP contribution in [0.1, 0.15) is 38.9 Å². The minimum atomic E-state index is -0.293. The van der Waals surface area contributed by atoms with E-state index in [1.165, 1.54) is 6.07 Å². The molecular formula is C13H18ClN3O. The average molecular weight is 268 g/mol. The first-order valence-corrected chi connectivity index (χ1v) is 6.39. The molecule has 0 aromatic carbocycles. The first kappa shape index (κ1) is 14.7. The highest BCUT2D eigenvalue weighted by molar-refractivity contribution is 6.29. The third-order valence-electron chi connectivity index (χ3n) is 2.90. The quantitative estimate of drug-likeness (QED) is 0.609. The Morgan fingerprint density at radius 1 is 1.50 bits per heavy atom. The van der Waals surface area contributed by atoms with Crippen molar-refractivity contribution in [2.75, 3.05) is 0 Å². The van der Waals surface area contributed by atoms with E-state index >= 15 is 0 Å². The molecule has 0 aliphatic heterocycles. The molecule has 0 atom stereocenters. The summed E-state index contributed by atoms with van der Waals surface area (Å²) >= 11 is 5.70. The fraction of sp³-hybridized carbons (Fsp3) is 0.615. The molecule has 4 nitrogen and oxygen atoms in total. The van der Waals surface area contributed by atoms with Crippen molar-refractivity contribution < 1.29 is 0 Å². The largest absolute Gasteiger partial charge is 0.297 e. The lowest BCUT2D eigenvalue weighted by Crippen LogP contribution is -2.23. The van der Waals surface area contributed by atoms with Gasteiger partial charge in [-0.05, 0) is 33.6 Å². The number of aryl methyl sites for hydroxylation is 1. The van der Waals surface area contributed by atoms with E-state index in [0.717, 1.165) is 19.3 Å². The summed E-state index contributed by atoms with van der Waals surface area (Å²) in [7, 11) is 0. The van der Waals surface area contributed by atoms with E-state index < -0.39 is 0 Å². The Bertz CT molecular complexity index is 514. The standard InChI is InChI=1S/C13H18ClN3O/c1-10-16-11(14)8-12(18)17(10)7-5-4-6-13(2,3)9-15/h8H,4-7H2,1-3H3. The highest BCUT2D eigenvalue weighted by Crippen LogP contribution is 2.21.